The zero-order valence-electron chi connectivity index (χ0n) is 20.4. The Balaban J connectivity index is 1.15. The zero-order valence-corrected chi connectivity index (χ0v) is 21.2. The summed E-state index contributed by atoms with van der Waals surface area (Å²) in [6.07, 6.45) is -0.328. The number of amides is 2. The Kier molecular flexibility index (Phi) is 7.06. The average molecular weight is 532 g/mol. The van der Waals surface area contributed by atoms with Crippen molar-refractivity contribution in [2.24, 2.45) is 0 Å². The third kappa shape index (κ3) is 5.56. The third-order valence-corrected chi connectivity index (χ3v) is 8.22. The molecule has 2 aromatic heterocycles. The summed E-state index contributed by atoms with van der Waals surface area (Å²) < 4.78 is 39.8. The molecular weight excluding hydrogens is 503 g/mol. The highest BCUT2D eigenvalue weighted by molar-refractivity contribution is 7.10. The quantitative estimate of drug-likeness (QED) is 0.495. The number of aryl methyl sites for hydroxylation is 2. The fraction of sp³-hybridized carbons (Fsp3) is 0.462. The Bertz CT molecular complexity index is 1290. The largest absolute Gasteiger partial charge is 0.435 e. The number of benzene rings is 1. The molecule has 0 radical (unpaired) electrons. The van der Waals surface area contributed by atoms with E-state index in [2.05, 4.69) is 21.5 Å². The van der Waals surface area contributed by atoms with Gasteiger partial charge >= 0.3 is 6.18 Å². The number of hydrogen-bond donors (Lipinski definition) is 1. The van der Waals surface area contributed by atoms with Crippen molar-refractivity contribution in [2.75, 3.05) is 18.4 Å². The number of fused-ring (bicyclic) bond motifs is 1. The Morgan fingerprint density at radius 1 is 1.16 bits per heavy atom. The summed E-state index contributed by atoms with van der Waals surface area (Å²) in [5.74, 6) is 0.264. The van der Waals surface area contributed by atoms with Crippen molar-refractivity contribution in [3.8, 4) is 0 Å². The van der Waals surface area contributed by atoms with Crippen LogP contribution in [0.2, 0.25) is 0 Å². The number of nitrogens with zero attached hydrogens (tertiary/aromatic N) is 4. The summed E-state index contributed by atoms with van der Waals surface area (Å²) in [7, 11) is 0. The minimum absolute atomic E-state index is 0.0352. The van der Waals surface area contributed by atoms with Crippen molar-refractivity contribution < 1.29 is 22.8 Å². The van der Waals surface area contributed by atoms with E-state index in [4.69, 9.17) is 0 Å². The van der Waals surface area contributed by atoms with Gasteiger partial charge in [0.05, 0.1) is 10.9 Å². The molecule has 1 atom stereocenters. The van der Waals surface area contributed by atoms with E-state index in [-0.39, 0.29) is 30.2 Å². The number of hydrogen-bond acceptors (Lipinski definition) is 5. The summed E-state index contributed by atoms with van der Waals surface area (Å²) in [6.45, 7) is 2.28. The summed E-state index contributed by atoms with van der Waals surface area (Å²) >= 11 is 1.50. The predicted octanol–water partition coefficient (Wildman–Crippen LogP) is 5.13. The number of anilines is 1. The lowest BCUT2D eigenvalue weighted by atomic mass is 9.82. The zero-order chi connectivity index (χ0) is 26.2. The average Bonchev–Trinajstić information content (AvgIpc) is 3.50. The highest BCUT2D eigenvalue weighted by atomic mass is 32.1. The lowest BCUT2D eigenvalue weighted by Crippen LogP contribution is -2.40. The van der Waals surface area contributed by atoms with Crippen molar-refractivity contribution in [1.82, 2.24) is 19.7 Å². The SMILES string of the molecule is Cc1cc(C(F)(F)F)nn1CC(=O)N1CCC(c2nc(NC(=O)C3CCCc4ccccc43)cs2)CC1. The molecule has 3 aromatic rings. The molecule has 196 valence electrons. The van der Waals surface area contributed by atoms with Crippen LogP contribution in [-0.4, -0.2) is 44.6 Å². The van der Waals surface area contributed by atoms with Gasteiger partial charge in [0.2, 0.25) is 11.8 Å². The predicted molar refractivity (Wildman–Crippen MR) is 133 cm³/mol. The molecule has 0 saturated carbocycles. The van der Waals surface area contributed by atoms with Crippen LogP contribution in [0.15, 0.2) is 35.7 Å². The lowest BCUT2D eigenvalue weighted by Gasteiger charge is -2.31. The first-order valence-corrected chi connectivity index (χ1v) is 13.3. The number of nitrogens with one attached hydrogen (secondary N) is 1. The van der Waals surface area contributed by atoms with E-state index in [1.807, 2.05) is 23.6 Å². The number of likely N-dealkylation sites (tertiary alicyclic amines) is 1. The van der Waals surface area contributed by atoms with Crippen molar-refractivity contribution in [2.45, 2.75) is 63.6 Å². The van der Waals surface area contributed by atoms with Crippen molar-refractivity contribution in [3.05, 3.63) is 63.2 Å². The van der Waals surface area contributed by atoms with Gasteiger partial charge in [0.15, 0.2) is 5.69 Å². The maximum Gasteiger partial charge on any atom is 0.435 e. The molecule has 1 aliphatic carbocycles. The Morgan fingerprint density at radius 3 is 2.65 bits per heavy atom. The molecule has 1 unspecified atom stereocenters. The molecule has 3 heterocycles. The van der Waals surface area contributed by atoms with Crippen LogP contribution >= 0.6 is 11.3 Å². The van der Waals surface area contributed by atoms with Crippen molar-refractivity contribution in [3.63, 3.8) is 0 Å². The van der Waals surface area contributed by atoms with Crippen LogP contribution in [0.25, 0.3) is 0 Å². The summed E-state index contributed by atoms with van der Waals surface area (Å²) in [6, 6.07) is 9.04. The Morgan fingerprint density at radius 2 is 1.92 bits per heavy atom. The number of carbonyl (C=O) groups excluding carboxylic acids is 2. The van der Waals surface area contributed by atoms with E-state index in [0.29, 0.717) is 37.4 Å². The molecule has 2 aliphatic rings. The molecule has 1 N–H and O–H groups in total. The van der Waals surface area contributed by atoms with E-state index < -0.39 is 11.9 Å². The molecule has 37 heavy (non-hydrogen) atoms. The van der Waals surface area contributed by atoms with Crippen LogP contribution in [0.1, 0.15) is 65.0 Å². The number of thiazole rings is 1. The van der Waals surface area contributed by atoms with Gasteiger partial charge in [-0.25, -0.2) is 4.98 Å². The van der Waals surface area contributed by atoms with E-state index in [0.717, 1.165) is 40.6 Å². The van der Waals surface area contributed by atoms with Gasteiger partial charge in [-0.3, -0.25) is 14.3 Å². The lowest BCUT2D eigenvalue weighted by molar-refractivity contribution is -0.142. The number of halogens is 3. The second-order valence-corrected chi connectivity index (χ2v) is 10.6. The van der Waals surface area contributed by atoms with Gasteiger partial charge in [0.25, 0.3) is 0 Å². The van der Waals surface area contributed by atoms with Gasteiger partial charge in [-0.05, 0) is 56.2 Å². The van der Waals surface area contributed by atoms with Gasteiger partial charge < -0.3 is 10.2 Å². The minimum Gasteiger partial charge on any atom is -0.341 e. The second-order valence-electron chi connectivity index (χ2n) is 9.69. The normalized spacial score (nSPS) is 18.5. The van der Waals surface area contributed by atoms with E-state index in [9.17, 15) is 22.8 Å². The van der Waals surface area contributed by atoms with Crippen LogP contribution in [-0.2, 0) is 28.7 Å². The maximum atomic E-state index is 13.0. The van der Waals surface area contributed by atoms with Crippen LogP contribution in [0.4, 0.5) is 19.0 Å². The molecule has 2 amide bonds. The topological polar surface area (TPSA) is 80.1 Å². The molecule has 5 rings (SSSR count). The molecular formula is C26H28F3N5O2S. The van der Waals surface area contributed by atoms with Crippen LogP contribution in [0, 0.1) is 6.92 Å². The molecule has 7 nitrogen and oxygen atoms in total. The van der Waals surface area contributed by atoms with Crippen LogP contribution < -0.4 is 5.32 Å². The van der Waals surface area contributed by atoms with Crippen molar-refractivity contribution in [1.29, 1.82) is 0 Å². The first-order chi connectivity index (χ1) is 17.7. The Labute approximate surface area is 216 Å². The highest BCUT2D eigenvalue weighted by Gasteiger charge is 2.35. The molecule has 1 aliphatic heterocycles. The number of alkyl halides is 3. The van der Waals surface area contributed by atoms with Crippen LogP contribution in [0.3, 0.4) is 0 Å². The van der Waals surface area contributed by atoms with Crippen LogP contribution in [0.5, 0.6) is 0 Å². The third-order valence-electron chi connectivity index (χ3n) is 7.21. The molecule has 0 spiro atoms. The van der Waals surface area contributed by atoms with Gasteiger partial charge in [0, 0.05) is 30.1 Å². The fourth-order valence-corrected chi connectivity index (χ4v) is 6.11. The first-order valence-electron chi connectivity index (χ1n) is 12.4. The number of aromatic nitrogens is 3. The summed E-state index contributed by atoms with van der Waals surface area (Å²) in [5, 5.41) is 9.32. The highest BCUT2D eigenvalue weighted by Crippen LogP contribution is 2.35. The summed E-state index contributed by atoms with van der Waals surface area (Å²) in [5.41, 5.74) is 1.64. The van der Waals surface area contributed by atoms with E-state index in [1.165, 1.54) is 23.8 Å². The van der Waals surface area contributed by atoms with E-state index in [1.54, 1.807) is 4.90 Å². The molecule has 1 saturated heterocycles. The minimum atomic E-state index is -4.54. The van der Waals surface area contributed by atoms with Gasteiger partial charge in [-0.2, -0.15) is 18.3 Å². The number of rotatable bonds is 5. The smallest absolute Gasteiger partial charge is 0.341 e. The molecule has 1 fully saturated rings. The summed E-state index contributed by atoms with van der Waals surface area (Å²) in [4.78, 5) is 32.0. The van der Waals surface area contributed by atoms with Gasteiger partial charge in [-0.15, -0.1) is 11.3 Å². The number of carbonyl (C=O) groups is 2. The van der Waals surface area contributed by atoms with E-state index >= 15 is 0 Å². The second kappa shape index (κ2) is 10.3. The molecule has 11 heteroatoms. The monoisotopic (exact) mass is 531 g/mol. The first kappa shape index (κ1) is 25.4. The maximum absolute atomic E-state index is 13.0. The Hall–Kier alpha value is -3.21. The fourth-order valence-electron chi connectivity index (χ4n) is 5.18. The number of piperidine rings is 1. The van der Waals surface area contributed by atoms with Crippen molar-refractivity contribution >= 4 is 29.0 Å². The van der Waals surface area contributed by atoms with Gasteiger partial charge in [-0.1, -0.05) is 24.3 Å². The standard InChI is InChI=1S/C26H28F3N5O2S/c1-16-13-21(26(27,28)29)32-34(16)14-23(35)33-11-9-18(10-12-33)25-31-22(15-37-25)30-24(36)20-8-4-6-17-5-2-3-7-19(17)20/h2-3,5,7,13,15,18,20H,4,6,8-12,14H2,1H3,(H,30,36). The van der Waals surface area contributed by atoms with Gasteiger partial charge in [0.1, 0.15) is 12.4 Å². The molecule has 1 aromatic carbocycles. The molecule has 0 bridgehead atoms.